The number of carboxylic acid groups (broad SMARTS) is 1. The molecule has 6 nitrogen and oxygen atoms in total. The van der Waals surface area contributed by atoms with Gasteiger partial charge in [-0.3, -0.25) is 9.58 Å². The molecule has 2 aliphatic heterocycles. The van der Waals surface area contributed by atoms with Gasteiger partial charge in [0, 0.05) is 43.9 Å². The van der Waals surface area contributed by atoms with E-state index in [0.29, 0.717) is 19.1 Å². The van der Waals surface area contributed by atoms with Gasteiger partial charge in [-0.1, -0.05) is 13.8 Å². The Labute approximate surface area is 143 Å². The molecular weight excluding hydrogens is 306 g/mol. The maximum absolute atomic E-state index is 11.7. The van der Waals surface area contributed by atoms with Crippen molar-refractivity contribution in [3.05, 3.63) is 17.5 Å². The van der Waals surface area contributed by atoms with Crippen molar-refractivity contribution in [3.63, 3.8) is 0 Å². The van der Waals surface area contributed by atoms with E-state index in [-0.39, 0.29) is 11.5 Å². The van der Waals surface area contributed by atoms with E-state index in [1.54, 1.807) is 0 Å². The molecule has 0 amide bonds. The van der Waals surface area contributed by atoms with E-state index in [0.717, 1.165) is 25.2 Å². The molecule has 2 saturated heterocycles. The van der Waals surface area contributed by atoms with E-state index in [4.69, 9.17) is 9.84 Å². The van der Waals surface area contributed by atoms with Crippen LogP contribution in [0.1, 0.15) is 58.2 Å². The topological polar surface area (TPSA) is 67.6 Å². The van der Waals surface area contributed by atoms with Crippen LogP contribution >= 0.6 is 0 Å². The number of nitrogens with zero attached hydrogens (tertiary/aromatic N) is 3. The Morgan fingerprint density at radius 1 is 1.50 bits per heavy atom. The first-order valence-electron chi connectivity index (χ1n) is 8.82. The number of ether oxygens (including phenoxy) is 1. The molecule has 0 spiro atoms. The number of aliphatic carboxylic acids is 1. The minimum absolute atomic E-state index is 0.0607. The third-order valence-corrected chi connectivity index (χ3v) is 5.24. The van der Waals surface area contributed by atoms with Gasteiger partial charge in [-0.2, -0.15) is 5.10 Å². The molecule has 6 heteroatoms. The summed E-state index contributed by atoms with van der Waals surface area (Å²) in [6, 6.07) is 0. The first-order valence-corrected chi connectivity index (χ1v) is 8.82. The lowest BCUT2D eigenvalue weighted by atomic mass is 9.91. The minimum Gasteiger partial charge on any atom is -0.479 e. The van der Waals surface area contributed by atoms with Crippen LogP contribution in [0.3, 0.4) is 0 Å². The summed E-state index contributed by atoms with van der Waals surface area (Å²) in [7, 11) is 0. The van der Waals surface area contributed by atoms with Crippen LogP contribution < -0.4 is 0 Å². The first-order chi connectivity index (χ1) is 11.1. The van der Waals surface area contributed by atoms with Gasteiger partial charge in [0.05, 0.1) is 11.2 Å². The highest BCUT2D eigenvalue weighted by atomic mass is 16.5. The molecule has 2 fully saturated rings. The summed E-state index contributed by atoms with van der Waals surface area (Å²) >= 11 is 0. The van der Waals surface area contributed by atoms with Gasteiger partial charge in [0.2, 0.25) is 0 Å². The summed E-state index contributed by atoms with van der Waals surface area (Å²) in [5, 5.41) is 14.4. The maximum atomic E-state index is 11.7. The van der Waals surface area contributed by atoms with E-state index in [1.807, 2.05) is 4.68 Å². The highest BCUT2D eigenvalue weighted by molar-refractivity contribution is 5.79. The number of rotatable bonds is 4. The minimum atomic E-state index is -1.00. The van der Waals surface area contributed by atoms with E-state index >= 15 is 0 Å². The lowest BCUT2D eigenvalue weighted by Gasteiger charge is -2.23. The normalized spacial score (nSPS) is 27.8. The highest BCUT2D eigenvalue weighted by Crippen LogP contribution is 2.40. The molecule has 24 heavy (non-hydrogen) atoms. The van der Waals surface area contributed by atoms with Crippen molar-refractivity contribution < 1.29 is 14.6 Å². The monoisotopic (exact) mass is 335 g/mol. The molecular formula is C18H29N3O3. The van der Waals surface area contributed by atoms with Gasteiger partial charge in [0.25, 0.3) is 0 Å². The molecule has 0 aliphatic carbocycles. The maximum Gasteiger partial charge on any atom is 0.337 e. The predicted molar refractivity (Wildman–Crippen MR) is 91.0 cm³/mol. The Hall–Kier alpha value is -1.40. The zero-order chi connectivity index (χ0) is 17.7. The predicted octanol–water partition coefficient (Wildman–Crippen LogP) is 2.44. The molecule has 2 aliphatic rings. The fourth-order valence-corrected chi connectivity index (χ4v) is 3.90. The van der Waals surface area contributed by atoms with Crippen molar-refractivity contribution in [2.75, 3.05) is 19.7 Å². The lowest BCUT2D eigenvalue weighted by Crippen LogP contribution is -2.45. The van der Waals surface area contributed by atoms with E-state index in [1.165, 1.54) is 5.56 Å². The van der Waals surface area contributed by atoms with Gasteiger partial charge in [-0.15, -0.1) is 0 Å². The number of hydrogen-bond acceptors (Lipinski definition) is 4. The van der Waals surface area contributed by atoms with E-state index in [2.05, 4.69) is 45.7 Å². The number of carboxylic acids is 1. The van der Waals surface area contributed by atoms with Crippen molar-refractivity contribution in [2.24, 2.45) is 5.92 Å². The Morgan fingerprint density at radius 3 is 2.75 bits per heavy atom. The summed E-state index contributed by atoms with van der Waals surface area (Å²) < 4.78 is 7.69. The van der Waals surface area contributed by atoms with Gasteiger partial charge in [0.1, 0.15) is 0 Å². The SMILES string of the molecule is CC(C)c1nn(C(C)(C)C)cc1CN1C[C@@H]2CCO[C@]2(C(=O)O)C1. The molecule has 0 saturated carbocycles. The smallest absolute Gasteiger partial charge is 0.337 e. The summed E-state index contributed by atoms with van der Waals surface area (Å²) in [4.78, 5) is 14.0. The second-order valence-electron chi connectivity index (χ2n) is 8.51. The number of carbonyl (C=O) groups is 1. The van der Waals surface area contributed by atoms with E-state index in [9.17, 15) is 9.90 Å². The molecule has 0 radical (unpaired) electrons. The zero-order valence-electron chi connectivity index (χ0n) is 15.4. The van der Waals surface area contributed by atoms with Crippen LogP contribution in [0.4, 0.5) is 0 Å². The average molecular weight is 335 g/mol. The average Bonchev–Trinajstić information content (AvgIpc) is 3.09. The van der Waals surface area contributed by atoms with Gasteiger partial charge < -0.3 is 9.84 Å². The van der Waals surface area contributed by atoms with Gasteiger partial charge in [-0.25, -0.2) is 4.79 Å². The van der Waals surface area contributed by atoms with Crippen molar-refractivity contribution in [1.29, 1.82) is 0 Å². The molecule has 2 atom stereocenters. The molecule has 0 aromatic carbocycles. The Morgan fingerprint density at radius 2 is 2.21 bits per heavy atom. The Bertz CT molecular complexity index is 632. The zero-order valence-corrected chi connectivity index (χ0v) is 15.4. The molecule has 1 aromatic heterocycles. The second-order valence-corrected chi connectivity index (χ2v) is 8.51. The summed E-state index contributed by atoms with van der Waals surface area (Å²) in [6.45, 7) is 13.3. The molecule has 1 N–H and O–H groups in total. The van der Waals surface area contributed by atoms with Crippen LogP contribution in [-0.4, -0.2) is 51.1 Å². The van der Waals surface area contributed by atoms with Crippen molar-refractivity contribution in [1.82, 2.24) is 14.7 Å². The summed E-state index contributed by atoms with van der Waals surface area (Å²) in [5.41, 5.74) is 1.24. The van der Waals surface area contributed by atoms with E-state index < -0.39 is 11.6 Å². The van der Waals surface area contributed by atoms with Gasteiger partial charge >= 0.3 is 5.97 Å². The summed E-state index contributed by atoms with van der Waals surface area (Å²) in [6.07, 6.45) is 2.96. The van der Waals surface area contributed by atoms with Gasteiger partial charge in [-0.05, 0) is 33.1 Å². The number of fused-ring (bicyclic) bond motifs is 1. The quantitative estimate of drug-likeness (QED) is 0.915. The fraction of sp³-hybridized carbons (Fsp3) is 0.778. The third-order valence-electron chi connectivity index (χ3n) is 5.24. The molecule has 0 bridgehead atoms. The van der Waals surface area contributed by atoms with Crippen molar-refractivity contribution >= 4 is 5.97 Å². The Kier molecular flexibility index (Phi) is 4.24. The molecule has 134 valence electrons. The third kappa shape index (κ3) is 2.86. The van der Waals surface area contributed by atoms with Crippen LogP contribution in [0.2, 0.25) is 0 Å². The largest absolute Gasteiger partial charge is 0.479 e. The second kappa shape index (κ2) is 5.85. The molecule has 1 aromatic rings. The molecule has 3 heterocycles. The standard InChI is InChI=1S/C18H29N3O3/c1-12(2)15-13(9-21(19-15)17(3,4)5)8-20-10-14-6-7-24-18(14,11-20)16(22)23/h9,12,14H,6-8,10-11H2,1-5H3,(H,22,23)/t14-,18+/m0/s1. The number of aromatic nitrogens is 2. The van der Waals surface area contributed by atoms with Gasteiger partial charge in [0.15, 0.2) is 5.60 Å². The van der Waals surface area contributed by atoms with Crippen LogP contribution in [0.15, 0.2) is 6.20 Å². The highest BCUT2D eigenvalue weighted by Gasteiger charge is 2.56. The van der Waals surface area contributed by atoms with Crippen molar-refractivity contribution in [2.45, 2.75) is 64.6 Å². The number of likely N-dealkylation sites (tertiary alicyclic amines) is 1. The lowest BCUT2D eigenvalue weighted by molar-refractivity contribution is -0.161. The molecule has 0 unspecified atom stereocenters. The number of hydrogen-bond donors (Lipinski definition) is 1. The van der Waals surface area contributed by atoms with Crippen LogP contribution in [0, 0.1) is 5.92 Å². The van der Waals surface area contributed by atoms with Crippen LogP contribution in [0.25, 0.3) is 0 Å². The van der Waals surface area contributed by atoms with Crippen LogP contribution in [-0.2, 0) is 21.6 Å². The fourth-order valence-electron chi connectivity index (χ4n) is 3.90. The summed E-state index contributed by atoms with van der Waals surface area (Å²) in [5.74, 6) is -0.382. The first kappa shape index (κ1) is 17.4. The molecule has 3 rings (SSSR count). The van der Waals surface area contributed by atoms with Crippen LogP contribution in [0.5, 0.6) is 0 Å². The van der Waals surface area contributed by atoms with Crippen molar-refractivity contribution in [3.8, 4) is 0 Å². The Balaban J connectivity index is 1.82.